The van der Waals surface area contributed by atoms with Crippen molar-refractivity contribution in [3.05, 3.63) is 66.8 Å². The summed E-state index contributed by atoms with van der Waals surface area (Å²) in [4.78, 5) is 4.02. The Hall–Kier alpha value is -2.35. The monoisotopic (exact) mass is 395 g/mol. The zero-order valence-electron chi connectivity index (χ0n) is 14.6. The number of aromatic nitrogens is 1. The van der Waals surface area contributed by atoms with Gasteiger partial charge in [-0.15, -0.1) is 0 Å². The van der Waals surface area contributed by atoms with Crippen molar-refractivity contribution in [1.82, 2.24) is 9.29 Å². The lowest BCUT2D eigenvalue weighted by Gasteiger charge is -2.18. The van der Waals surface area contributed by atoms with E-state index < -0.39 is 11.7 Å². The Balaban J connectivity index is 1.29. The van der Waals surface area contributed by atoms with Crippen molar-refractivity contribution in [3.63, 3.8) is 0 Å². The van der Waals surface area contributed by atoms with Crippen LogP contribution in [0.2, 0.25) is 0 Å². The number of alkyl halides is 3. The van der Waals surface area contributed by atoms with E-state index in [0.29, 0.717) is 12.4 Å². The van der Waals surface area contributed by atoms with Crippen molar-refractivity contribution >= 4 is 17.8 Å². The number of rotatable bonds is 8. The molecule has 3 rings (SSSR count). The number of benzene rings is 1. The highest BCUT2D eigenvalue weighted by molar-refractivity contribution is 7.98. The molecule has 0 amide bonds. The van der Waals surface area contributed by atoms with E-state index in [1.54, 1.807) is 24.5 Å². The fourth-order valence-electron chi connectivity index (χ4n) is 2.52. The number of anilines is 1. The molecule has 0 unspecified atom stereocenters. The molecular weight excluding hydrogens is 375 g/mol. The summed E-state index contributed by atoms with van der Waals surface area (Å²) in [5, 5.41) is 0. The average Bonchev–Trinajstić information content (AvgIpc) is 3.14. The maximum atomic E-state index is 12.5. The molecule has 0 saturated heterocycles. The summed E-state index contributed by atoms with van der Waals surface area (Å²) in [6.07, 6.45) is 6.15. The number of hydrogen-bond acceptors (Lipinski definition) is 5. The predicted molar refractivity (Wildman–Crippen MR) is 101 cm³/mol. The quantitative estimate of drug-likeness (QED) is 0.434. The first-order valence-electron chi connectivity index (χ1n) is 8.65. The number of unbranched alkanes of at least 4 members (excludes halogenated alkanes) is 2. The van der Waals surface area contributed by atoms with Crippen molar-refractivity contribution in [2.24, 2.45) is 0 Å². The minimum absolute atomic E-state index is 0.467. The van der Waals surface area contributed by atoms with Crippen LogP contribution in [0.15, 0.2) is 61.2 Å². The highest BCUT2D eigenvalue weighted by atomic mass is 32.2. The van der Waals surface area contributed by atoms with E-state index in [-0.39, 0.29) is 0 Å². The molecule has 0 saturated carbocycles. The number of nitrogens with zero attached hydrogens (tertiary/aromatic N) is 3. The van der Waals surface area contributed by atoms with Crippen LogP contribution < -0.4 is 9.04 Å². The molecule has 4 nitrogen and oxygen atoms in total. The summed E-state index contributed by atoms with van der Waals surface area (Å²) in [7, 11) is 0. The second-order valence-corrected chi connectivity index (χ2v) is 7.01. The van der Waals surface area contributed by atoms with Gasteiger partial charge in [0.1, 0.15) is 5.75 Å². The van der Waals surface area contributed by atoms with Crippen LogP contribution >= 0.6 is 12.1 Å². The van der Waals surface area contributed by atoms with E-state index in [1.807, 2.05) is 24.5 Å². The third-order valence-electron chi connectivity index (χ3n) is 3.95. The Kier molecular flexibility index (Phi) is 6.49. The molecule has 0 bridgehead atoms. The molecule has 1 aromatic heterocycles. The van der Waals surface area contributed by atoms with Crippen LogP contribution in [0, 0.1) is 0 Å². The number of pyridine rings is 1. The van der Waals surface area contributed by atoms with Gasteiger partial charge in [-0.05, 0) is 55.7 Å². The van der Waals surface area contributed by atoms with E-state index in [9.17, 15) is 13.2 Å². The Bertz CT molecular complexity index is 738. The molecular formula is C19H20F3N3OS. The van der Waals surface area contributed by atoms with E-state index in [4.69, 9.17) is 4.74 Å². The maximum Gasteiger partial charge on any atom is 0.416 e. The van der Waals surface area contributed by atoms with Gasteiger partial charge in [-0.25, -0.2) is 0 Å². The van der Waals surface area contributed by atoms with Gasteiger partial charge >= 0.3 is 6.18 Å². The molecule has 1 aromatic carbocycles. The van der Waals surface area contributed by atoms with E-state index >= 15 is 0 Å². The first kappa shape index (κ1) is 19.4. The van der Waals surface area contributed by atoms with Crippen molar-refractivity contribution in [2.45, 2.75) is 25.4 Å². The van der Waals surface area contributed by atoms with Gasteiger partial charge in [0.25, 0.3) is 0 Å². The third kappa shape index (κ3) is 5.82. The molecule has 0 atom stereocenters. The summed E-state index contributed by atoms with van der Waals surface area (Å²) in [6, 6.07) is 8.73. The van der Waals surface area contributed by atoms with Crippen LogP contribution in [-0.4, -0.2) is 22.4 Å². The Morgan fingerprint density at radius 2 is 1.67 bits per heavy atom. The molecule has 0 aliphatic carbocycles. The van der Waals surface area contributed by atoms with Gasteiger partial charge in [0.15, 0.2) is 0 Å². The van der Waals surface area contributed by atoms with Gasteiger partial charge in [0.2, 0.25) is 0 Å². The normalized spacial score (nSPS) is 14.0. The molecule has 0 spiro atoms. The zero-order valence-corrected chi connectivity index (χ0v) is 15.4. The van der Waals surface area contributed by atoms with Crippen LogP contribution in [-0.2, 0) is 6.18 Å². The summed E-state index contributed by atoms with van der Waals surface area (Å²) in [5.41, 5.74) is 0.422. The van der Waals surface area contributed by atoms with Crippen LogP contribution in [0.4, 0.5) is 18.9 Å². The minimum atomic E-state index is -4.31. The lowest BCUT2D eigenvalue weighted by Crippen LogP contribution is -2.11. The molecule has 2 aromatic rings. The molecule has 144 valence electrons. The van der Waals surface area contributed by atoms with Gasteiger partial charge < -0.3 is 9.04 Å². The second kappa shape index (κ2) is 9.03. The Labute approximate surface area is 160 Å². The Morgan fingerprint density at radius 1 is 0.926 bits per heavy atom. The molecule has 1 aliphatic heterocycles. The molecule has 1 aliphatic rings. The summed E-state index contributed by atoms with van der Waals surface area (Å²) in [6.45, 7) is 1.42. The minimum Gasteiger partial charge on any atom is -0.494 e. The second-order valence-electron chi connectivity index (χ2n) is 5.98. The molecule has 27 heavy (non-hydrogen) atoms. The molecule has 0 radical (unpaired) electrons. The van der Waals surface area contributed by atoms with E-state index in [0.717, 1.165) is 43.6 Å². The summed E-state index contributed by atoms with van der Waals surface area (Å²) >= 11 is 1.63. The lowest BCUT2D eigenvalue weighted by molar-refractivity contribution is -0.137. The van der Waals surface area contributed by atoms with Crippen molar-refractivity contribution < 1.29 is 17.9 Å². The van der Waals surface area contributed by atoms with E-state index in [2.05, 4.69) is 13.6 Å². The summed E-state index contributed by atoms with van der Waals surface area (Å²) < 4.78 is 47.3. The largest absolute Gasteiger partial charge is 0.494 e. The SMILES string of the molecule is FC(F)(F)c1ccc(OCCCCCN2C=CN(c3ccncc3)S2)cc1. The standard InChI is InChI=1S/C19H20F3N3OS/c20-19(21,22)16-4-6-18(7-5-16)26-15-3-1-2-12-24-13-14-25(27-24)17-8-10-23-11-9-17/h4-11,13-14H,1-3,12,15H2. The van der Waals surface area contributed by atoms with Gasteiger partial charge in [-0.3, -0.25) is 9.29 Å². The molecule has 0 fully saturated rings. The highest BCUT2D eigenvalue weighted by Crippen LogP contribution is 2.31. The summed E-state index contributed by atoms with van der Waals surface area (Å²) in [5.74, 6) is 0.467. The molecule has 2 heterocycles. The predicted octanol–water partition coefficient (Wildman–Crippen LogP) is 5.51. The zero-order chi connectivity index (χ0) is 19.1. The van der Waals surface area contributed by atoms with Gasteiger partial charge in [0.05, 0.1) is 30.0 Å². The van der Waals surface area contributed by atoms with Gasteiger partial charge in [-0.1, -0.05) is 0 Å². The van der Waals surface area contributed by atoms with Crippen molar-refractivity contribution in [2.75, 3.05) is 17.5 Å². The first-order valence-corrected chi connectivity index (χ1v) is 9.38. The van der Waals surface area contributed by atoms with Crippen LogP contribution in [0.25, 0.3) is 0 Å². The fraction of sp³-hybridized carbons (Fsp3) is 0.316. The number of halogens is 3. The Morgan fingerprint density at radius 3 is 2.37 bits per heavy atom. The first-order chi connectivity index (χ1) is 13.0. The smallest absolute Gasteiger partial charge is 0.416 e. The number of hydrogen-bond donors (Lipinski definition) is 0. The van der Waals surface area contributed by atoms with Crippen molar-refractivity contribution in [1.29, 1.82) is 0 Å². The van der Waals surface area contributed by atoms with Gasteiger partial charge in [0, 0.05) is 31.3 Å². The number of ether oxygens (including phenoxy) is 1. The third-order valence-corrected chi connectivity index (χ3v) is 4.97. The molecule has 0 N–H and O–H groups in total. The van der Waals surface area contributed by atoms with Crippen LogP contribution in [0.3, 0.4) is 0 Å². The van der Waals surface area contributed by atoms with Crippen LogP contribution in [0.1, 0.15) is 24.8 Å². The topological polar surface area (TPSA) is 28.6 Å². The van der Waals surface area contributed by atoms with E-state index in [1.165, 1.54) is 12.1 Å². The van der Waals surface area contributed by atoms with Crippen molar-refractivity contribution in [3.8, 4) is 5.75 Å². The fourth-order valence-corrected chi connectivity index (χ4v) is 3.39. The maximum absolute atomic E-state index is 12.5. The van der Waals surface area contributed by atoms with Gasteiger partial charge in [-0.2, -0.15) is 13.2 Å². The van der Waals surface area contributed by atoms with Crippen LogP contribution in [0.5, 0.6) is 5.75 Å². The molecule has 8 heteroatoms. The lowest BCUT2D eigenvalue weighted by atomic mass is 10.2. The highest BCUT2D eigenvalue weighted by Gasteiger charge is 2.30. The average molecular weight is 395 g/mol.